The molecule has 0 unspecified atom stereocenters. The number of hydrogen-bond donors (Lipinski definition) is 3. The zero-order chi connectivity index (χ0) is 20.8. The normalized spacial score (nSPS) is 19.7. The van der Waals surface area contributed by atoms with Crippen LogP contribution in [-0.4, -0.2) is 38.7 Å². The Bertz CT molecular complexity index is 846. The summed E-state index contributed by atoms with van der Waals surface area (Å²) in [5.41, 5.74) is 10.1. The molecule has 1 saturated heterocycles. The Morgan fingerprint density at radius 1 is 1.31 bits per heavy atom. The number of nitrogens with one attached hydrogen (secondary N) is 2. The number of benzene rings is 2. The monoisotopic (exact) mass is 416 g/mol. The number of anilines is 2. The highest BCUT2D eigenvalue weighted by Gasteiger charge is 2.30. The van der Waals surface area contributed by atoms with Crippen molar-refractivity contribution in [2.75, 3.05) is 30.4 Å². The van der Waals surface area contributed by atoms with Gasteiger partial charge in [0.05, 0.1) is 12.6 Å². The average molecular weight is 417 g/mol. The van der Waals surface area contributed by atoms with E-state index in [1.54, 1.807) is 0 Å². The number of nitrogens with zero attached hydrogens (tertiary/aromatic N) is 1. The molecule has 29 heavy (non-hydrogen) atoms. The largest absolute Gasteiger partial charge is 0.493 e. The van der Waals surface area contributed by atoms with Crippen LogP contribution in [0.25, 0.3) is 0 Å². The fraction of sp³-hybridized carbons (Fsp3) is 0.409. The third-order valence-corrected chi connectivity index (χ3v) is 5.96. The van der Waals surface area contributed by atoms with Gasteiger partial charge in [-0.3, -0.25) is 4.79 Å². The molecule has 2 aromatic rings. The maximum Gasteiger partial charge on any atom is 0.207 e. The first-order valence-corrected chi connectivity index (χ1v) is 10.3. The molecule has 0 aromatic heterocycles. The van der Waals surface area contributed by atoms with E-state index in [0.29, 0.717) is 11.6 Å². The van der Waals surface area contributed by atoms with E-state index in [1.807, 2.05) is 37.4 Å². The third kappa shape index (κ3) is 4.95. The number of hydrogen-bond acceptors (Lipinski definition) is 5. The van der Waals surface area contributed by atoms with Gasteiger partial charge >= 0.3 is 0 Å². The molecule has 2 aliphatic heterocycles. The summed E-state index contributed by atoms with van der Waals surface area (Å²) >= 11 is 6.17. The molecule has 2 heterocycles. The number of carbonyl (C=O) groups excluding carboxylic acids is 1. The molecule has 0 saturated carbocycles. The van der Waals surface area contributed by atoms with Crippen molar-refractivity contribution < 1.29 is 9.53 Å². The van der Waals surface area contributed by atoms with Crippen LogP contribution in [0.15, 0.2) is 36.4 Å². The van der Waals surface area contributed by atoms with Crippen LogP contribution in [0.3, 0.4) is 0 Å². The van der Waals surface area contributed by atoms with Crippen molar-refractivity contribution >= 4 is 29.4 Å². The first-order valence-electron chi connectivity index (χ1n) is 9.95. The SMILES string of the molecule is CNc1ccc2c(c1)CCO2.C[C@H]1[C@H](NC=O)CCN1c1ccc(CN)c(Cl)c1. The zero-order valence-corrected chi connectivity index (χ0v) is 17.7. The Morgan fingerprint density at radius 3 is 2.83 bits per heavy atom. The minimum Gasteiger partial charge on any atom is -0.493 e. The number of halogens is 1. The molecule has 0 radical (unpaired) electrons. The van der Waals surface area contributed by atoms with Crippen LogP contribution < -0.4 is 26.0 Å². The zero-order valence-electron chi connectivity index (χ0n) is 17.0. The molecule has 0 bridgehead atoms. The highest BCUT2D eigenvalue weighted by Crippen LogP contribution is 2.29. The van der Waals surface area contributed by atoms with E-state index in [-0.39, 0.29) is 12.1 Å². The van der Waals surface area contributed by atoms with Gasteiger partial charge in [0.2, 0.25) is 6.41 Å². The summed E-state index contributed by atoms with van der Waals surface area (Å²) in [5, 5.41) is 6.66. The Kier molecular flexibility index (Phi) is 7.23. The standard InChI is InChI=1S/C13H18ClN3O.C9H11NO/c1-9-13(16-8-18)4-5-17(9)11-3-2-10(7-15)12(14)6-11;1-10-8-2-3-9-7(6-8)4-5-11-9/h2-3,6,8-9,13H,4-5,7,15H2,1H3,(H,16,18);2-3,6,10H,4-5H2,1H3/t9-,13+;/m0./s1. The maximum atomic E-state index is 10.5. The van der Waals surface area contributed by atoms with Crippen molar-refractivity contribution in [2.45, 2.75) is 38.4 Å². The van der Waals surface area contributed by atoms with Gasteiger partial charge in [-0.25, -0.2) is 0 Å². The maximum absolute atomic E-state index is 10.5. The van der Waals surface area contributed by atoms with Gasteiger partial charge in [-0.1, -0.05) is 17.7 Å². The third-order valence-electron chi connectivity index (χ3n) is 5.60. The molecular weight excluding hydrogens is 388 g/mol. The number of amides is 1. The molecule has 0 spiro atoms. The van der Waals surface area contributed by atoms with Gasteiger partial charge in [-0.05, 0) is 54.8 Å². The van der Waals surface area contributed by atoms with E-state index < -0.39 is 0 Å². The summed E-state index contributed by atoms with van der Waals surface area (Å²) in [4.78, 5) is 12.8. The van der Waals surface area contributed by atoms with Gasteiger partial charge in [-0.2, -0.15) is 0 Å². The fourth-order valence-corrected chi connectivity index (χ4v) is 4.09. The van der Waals surface area contributed by atoms with Crippen molar-refractivity contribution in [2.24, 2.45) is 5.73 Å². The van der Waals surface area contributed by atoms with Crippen LogP contribution in [0, 0.1) is 0 Å². The van der Waals surface area contributed by atoms with Crippen LogP contribution in [0.4, 0.5) is 11.4 Å². The van der Waals surface area contributed by atoms with Crippen molar-refractivity contribution in [3.8, 4) is 5.75 Å². The Balaban J connectivity index is 0.000000186. The van der Waals surface area contributed by atoms with Gasteiger partial charge < -0.3 is 26.0 Å². The molecule has 2 aliphatic rings. The smallest absolute Gasteiger partial charge is 0.207 e. The lowest BCUT2D eigenvalue weighted by Gasteiger charge is -2.26. The lowest BCUT2D eigenvalue weighted by Crippen LogP contribution is -2.39. The van der Waals surface area contributed by atoms with E-state index in [2.05, 4.69) is 28.5 Å². The lowest BCUT2D eigenvalue weighted by molar-refractivity contribution is -0.110. The molecule has 1 amide bonds. The van der Waals surface area contributed by atoms with E-state index in [1.165, 1.54) is 5.56 Å². The molecule has 6 nitrogen and oxygen atoms in total. The molecule has 156 valence electrons. The highest BCUT2D eigenvalue weighted by molar-refractivity contribution is 6.31. The van der Waals surface area contributed by atoms with Gasteiger partial charge in [0.25, 0.3) is 0 Å². The predicted molar refractivity (Wildman–Crippen MR) is 119 cm³/mol. The van der Waals surface area contributed by atoms with E-state index in [4.69, 9.17) is 22.1 Å². The van der Waals surface area contributed by atoms with E-state index in [9.17, 15) is 4.79 Å². The van der Waals surface area contributed by atoms with Crippen molar-refractivity contribution in [3.63, 3.8) is 0 Å². The van der Waals surface area contributed by atoms with Gasteiger partial charge in [0, 0.05) is 49.0 Å². The summed E-state index contributed by atoms with van der Waals surface area (Å²) in [6, 6.07) is 12.6. The van der Waals surface area contributed by atoms with E-state index >= 15 is 0 Å². The van der Waals surface area contributed by atoms with Crippen LogP contribution in [0.2, 0.25) is 5.02 Å². The number of fused-ring (bicyclic) bond motifs is 1. The molecule has 0 aliphatic carbocycles. The second-order valence-corrected chi connectivity index (χ2v) is 7.67. The summed E-state index contributed by atoms with van der Waals surface area (Å²) in [6.07, 6.45) is 2.77. The molecule has 4 N–H and O–H groups in total. The van der Waals surface area contributed by atoms with Crippen molar-refractivity contribution in [3.05, 3.63) is 52.5 Å². The number of carbonyl (C=O) groups is 1. The van der Waals surface area contributed by atoms with Crippen LogP contribution >= 0.6 is 11.6 Å². The van der Waals surface area contributed by atoms with Crippen LogP contribution in [0.5, 0.6) is 5.75 Å². The summed E-state index contributed by atoms with van der Waals surface area (Å²) < 4.78 is 5.37. The highest BCUT2D eigenvalue weighted by atomic mass is 35.5. The molecule has 1 fully saturated rings. The minimum atomic E-state index is 0.204. The van der Waals surface area contributed by atoms with Gasteiger partial charge in [0.15, 0.2) is 0 Å². The number of nitrogens with two attached hydrogens (primary N) is 1. The molecule has 2 atom stereocenters. The van der Waals surface area contributed by atoms with Crippen LogP contribution in [0.1, 0.15) is 24.5 Å². The average Bonchev–Trinajstić information content (AvgIpc) is 3.35. The molecular formula is C22H29ClN4O2. The Morgan fingerprint density at radius 2 is 2.14 bits per heavy atom. The number of ether oxygens (including phenoxy) is 1. The summed E-state index contributed by atoms with van der Waals surface area (Å²) in [7, 11) is 1.93. The minimum absolute atomic E-state index is 0.204. The molecule has 2 aromatic carbocycles. The first kappa shape index (κ1) is 21.3. The second-order valence-electron chi connectivity index (χ2n) is 7.26. The van der Waals surface area contributed by atoms with E-state index in [0.717, 1.165) is 55.1 Å². The molecule has 7 heteroatoms. The Labute approximate surface area is 177 Å². The summed E-state index contributed by atoms with van der Waals surface area (Å²) in [6.45, 7) is 4.32. The van der Waals surface area contributed by atoms with Crippen molar-refractivity contribution in [1.29, 1.82) is 0 Å². The fourth-order valence-electron chi connectivity index (χ4n) is 3.84. The second kappa shape index (κ2) is 9.85. The lowest BCUT2D eigenvalue weighted by atomic mass is 10.1. The predicted octanol–water partition coefficient (Wildman–Crippen LogP) is 3.18. The molecule has 4 rings (SSSR count). The van der Waals surface area contributed by atoms with Crippen LogP contribution in [-0.2, 0) is 17.8 Å². The van der Waals surface area contributed by atoms with Crippen molar-refractivity contribution in [1.82, 2.24) is 5.32 Å². The topological polar surface area (TPSA) is 79.6 Å². The Hall–Kier alpha value is -2.44. The number of rotatable bonds is 5. The quantitative estimate of drug-likeness (QED) is 0.652. The van der Waals surface area contributed by atoms with Gasteiger partial charge in [-0.15, -0.1) is 0 Å². The van der Waals surface area contributed by atoms with Gasteiger partial charge in [0.1, 0.15) is 5.75 Å². The first-order chi connectivity index (χ1) is 14.1. The summed E-state index contributed by atoms with van der Waals surface area (Å²) in [5.74, 6) is 1.05.